The molecule has 2 aromatic rings. The molecule has 3 aliphatic heterocycles. The van der Waals surface area contributed by atoms with Crippen molar-refractivity contribution in [2.75, 3.05) is 31.1 Å². The molecular weight excluding hydrogens is 615 g/mol. The second-order valence-corrected chi connectivity index (χ2v) is 14.9. The molecule has 1 spiro atoms. The Balaban J connectivity index is 1.53. The normalized spacial score (nSPS) is 21.3. The van der Waals surface area contributed by atoms with Crippen molar-refractivity contribution >= 4 is 25.0 Å². The van der Waals surface area contributed by atoms with Gasteiger partial charge in [-0.3, -0.25) is 0 Å². The summed E-state index contributed by atoms with van der Waals surface area (Å²) in [6.07, 6.45) is -1.47. The third kappa shape index (κ3) is 7.75. The van der Waals surface area contributed by atoms with Gasteiger partial charge in [-0.05, 0) is 110 Å². The van der Waals surface area contributed by atoms with E-state index in [-0.39, 0.29) is 28.2 Å². The van der Waals surface area contributed by atoms with Crippen LogP contribution in [0.15, 0.2) is 48.2 Å². The van der Waals surface area contributed by atoms with Gasteiger partial charge in [-0.2, -0.15) is 13.2 Å². The number of ether oxygens (including phenoxy) is 2. The molecule has 1 amide bonds. The summed E-state index contributed by atoms with van der Waals surface area (Å²) < 4.78 is 84.5. The number of carbonyl (C=O) groups excluding carboxylic acids is 1. The van der Waals surface area contributed by atoms with Crippen molar-refractivity contribution < 1.29 is 41.1 Å². The molecule has 7 nitrogen and oxygen atoms in total. The van der Waals surface area contributed by atoms with E-state index in [0.29, 0.717) is 45.4 Å². The standard InChI is InChI=1S/C35H45BF4N2O5/c1-31(2,3)45-30(43)41-20-17-34(18-21-41)16-11-19-42(23-34)29-24(22-27(37)36-46-32(4,5)33(6,7)47-36)14-15-26(28(29)35(38,39)40)44-25-12-9-8-10-13-25/h8-10,12-15,22H,11,16-21,23H2,1-7H3/b27-22-. The molecule has 0 saturated carbocycles. The summed E-state index contributed by atoms with van der Waals surface area (Å²) in [7, 11) is -1.37. The van der Waals surface area contributed by atoms with Gasteiger partial charge in [0.1, 0.15) is 28.4 Å². The summed E-state index contributed by atoms with van der Waals surface area (Å²) in [5.41, 5.74) is -4.52. The second-order valence-electron chi connectivity index (χ2n) is 14.9. The zero-order chi connectivity index (χ0) is 34.4. The lowest BCUT2D eigenvalue weighted by Crippen LogP contribution is -2.51. The molecule has 256 valence electrons. The third-order valence-electron chi connectivity index (χ3n) is 9.65. The van der Waals surface area contributed by atoms with Crippen LogP contribution in [0, 0.1) is 5.41 Å². The van der Waals surface area contributed by atoms with Crippen molar-refractivity contribution in [3.63, 3.8) is 0 Å². The molecule has 0 unspecified atom stereocenters. The van der Waals surface area contributed by atoms with Crippen molar-refractivity contribution in [1.29, 1.82) is 0 Å². The van der Waals surface area contributed by atoms with Crippen LogP contribution in [0.25, 0.3) is 6.08 Å². The van der Waals surface area contributed by atoms with Gasteiger partial charge in [0.25, 0.3) is 0 Å². The van der Waals surface area contributed by atoms with Gasteiger partial charge in [-0.15, -0.1) is 0 Å². The first-order chi connectivity index (χ1) is 21.8. The molecule has 0 aromatic heterocycles. The van der Waals surface area contributed by atoms with Crippen LogP contribution in [0.4, 0.5) is 28.0 Å². The Bertz CT molecular complexity index is 1470. The Morgan fingerprint density at radius 2 is 1.53 bits per heavy atom. The zero-order valence-corrected chi connectivity index (χ0v) is 28.3. The Morgan fingerprint density at radius 1 is 0.915 bits per heavy atom. The van der Waals surface area contributed by atoms with Gasteiger partial charge < -0.3 is 28.6 Å². The van der Waals surface area contributed by atoms with E-state index in [1.165, 1.54) is 12.1 Å². The maximum absolute atomic E-state index is 15.9. The highest BCUT2D eigenvalue weighted by molar-refractivity contribution is 6.54. The van der Waals surface area contributed by atoms with E-state index in [4.69, 9.17) is 18.8 Å². The number of piperidine rings is 2. The fourth-order valence-electron chi connectivity index (χ4n) is 6.49. The maximum atomic E-state index is 15.9. The van der Waals surface area contributed by atoms with Gasteiger partial charge in [-0.1, -0.05) is 18.2 Å². The molecule has 5 rings (SSSR count). The summed E-state index contributed by atoms with van der Waals surface area (Å²) in [5, 5.41) is 0. The summed E-state index contributed by atoms with van der Waals surface area (Å²) in [6.45, 7) is 14.1. The van der Waals surface area contributed by atoms with Crippen molar-refractivity contribution in [2.45, 2.75) is 97.1 Å². The van der Waals surface area contributed by atoms with Crippen LogP contribution in [-0.2, 0) is 20.2 Å². The number of nitrogens with zero attached hydrogens (tertiary/aromatic N) is 2. The van der Waals surface area contributed by atoms with Gasteiger partial charge in [0, 0.05) is 31.7 Å². The van der Waals surface area contributed by atoms with E-state index in [0.717, 1.165) is 12.5 Å². The highest BCUT2D eigenvalue weighted by atomic mass is 19.4. The minimum Gasteiger partial charge on any atom is -0.457 e. The molecule has 2 aromatic carbocycles. The van der Waals surface area contributed by atoms with E-state index >= 15 is 17.6 Å². The van der Waals surface area contributed by atoms with Crippen molar-refractivity contribution in [2.24, 2.45) is 5.41 Å². The molecule has 3 heterocycles. The summed E-state index contributed by atoms with van der Waals surface area (Å²) in [5.74, 6) is -0.119. The Hall–Kier alpha value is -3.25. The molecule has 3 fully saturated rings. The Kier molecular flexibility index (Phi) is 9.44. The van der Waals surface area contributed by atoms with Gasteiger partial charge in [0.2, 0.25) is 0 Å². The van der Waals surface area contributed by atoms with E-state index in [1.54, 1.807) is 67.8 Å². The first kappa shape index (κ1) is 35.1. The molecule has 47 heavy (non-hydrogen) atoms. The predicted octanol–water partition coefficient (Wildman–Crippen LogP) is 9.06. The number of likely N-dealkylation sites (tertiary alicyclic amines) is 1. The fraction of sp³-hybridized carbons (Fsp3) is 0.571. The molecule has 0 N–H and O–H groups in total. The summed E-state index contributed by atoms with van der Waals surface area (Å²) >= 11 is 0. The fourth-order valence-corrected chi connectivity index (χ4v) is 6.49. The summed E-state index contributed by atoms with van der Waals surface area (Å²) in [4.78, 5) is 16.1. The average Bonchev–Trinajstić information content (AvgIpc) is 3.19. The number of hydrogen-bond donors (Lipinski definition) is 0. The second kappa shape index (κ2) is 12.7. The van der Waals surface area contributed by atoms with Crippen molar-refractivity contribution in [3.05, 3.63) is 59.3 Å². The van der Waals surface area contributed by atoms with Crippen LogP contribution >= 0.6 is 0 Å². The first-order valence-electron chi connectivity index (χ1n) is 16.2. The van der Waals surface area contributed by atoms with Gasteiger partial charge in [0.05, 0.1) is 16.9 Å². The van der Waals surface area contributed by atoms with Gasteiger partial charge >= 0.3 is 19.4 Å². The lowest BCUT2D eigenvalue weighted by atomic mass is 9.72. The van der Waals surface area contributed by atoms with E-state index in [9.17, 15) is 4.79 Å². The molecule has 3 saturated heterocycles. The largest absolute Gasteiger partial charge is 0.525 e. The minimum atomic E-state index is -4.82. The maximum Gasteiger partial charge on any atom is 0.525 e. The SMILES string of the molecule is CC(C)(C)OC(=O)N1CCC2(CCCN(c3c(/C=C(\F)B4OC(C)(C)C(C)(C)O4)ccc(Oc4ccccc4)c3C(F)(F)F)C2)CC1. The Morgan fingerprint density at radius 3 is 2.11 bits per heavy atom. The number of halogens is 4. The van der Waals surface area contributed by atoms with Crippen LogP contribution in [0.3, 0.4) is 0 Å². The smallest absolute Gasteiger partial charge is 0.457 e. The molecule has 0 atom stereocenters. The number of alkyl halides is 3. The molecule has 3 aliphatic rings. The summed E-state index contributed by atoms with van der Waals surface area (Å²) in [6, 6.07) is 11.0. The predicted molar refractivity (Wildman–Crippen MR) is 174 cm³/mol. The number of carbonyl (C=O) groups is 1. The van der Waals surface area contributed by atoms with E-state index in [2.05, 4.69) is 0 Å². The monoisotopic (exact) mass is 660 g/mol. The first-order valence-corrected chi connectivity index (χ1v) is 16.2. The van der Waals surface area contributed by atoms with Gasteiger partial charge in [0.15, 0.2) is 0 Å². The minimum absolute atomic E-state index is 0.0492. The van der Waals surface area contributed by atoms with Crippen LogP contribution < -0.4 is 9.64 Å². The third-order valence-corrected chi connectivity index (χ3v) is 9.65. The molecule has 12 heteroatoms. The number of rotatable bonds is 5. The highest BCUT2D eigenvalue weighted by Gasteiger charge is 2.53. The average molecular weight is 661 g/mol. The number of para-hydroxylation sites is 1. The zero-order valence-electron chi connectivity index (χ0n) is 28.3. The van der Waals surface area contributed by atoms with E-state index in [1.807, 2.05) is 20.8 Å². The number of anilines is 1. The van der Waals surface area contributed by atoms with Crippen LogP contribution in [0.1, 0.15) is 85.3 Å². The quantitative estimate of drug-likeness (QED) is 0.236. The topological polar surface area (TPSA) is 60.5 Å². The van der Waals surface area contributed by atoms with Gasteiger partial charge in [-0.25, -0.2) is 9.18 Å². The number of benzene rings is 2. The van der Waals surface area contributed by atoms with Crippen LogP contribution in [-0.4, -0.2) is 61.1 Å². The van der Waals surface area contributed by atoms with Crippen LogP contribution in [0.5, 0.6) is 11.5 Å². The molecule has 0 aliphatic carbocycles. The lowest BCUT2D eigenvalue weighted by molar-refractivity contribution is -0.138. The number of hydrogen-bond acceptors (Lipinski definition) is 6. The molecule has 0 bridgehead atoms. The molecule has 0 radical (unpaired) electrons. The number of amides is 1. The molecular formula is C35H45BF4N2O5. The van der Waals surface area contributed by atoms with Crippen LogP contribution in [0.2, 0.25) is 0 Å². The van der Waals surface area contributed by atoms with E-state index < -0.39 is 47.5 Å². The Labute approximate surface area is 275 Å². The van der Waals surface area contributed by atoms with Crippen molar-refractivity contribution in [3.8, 4) is 11.5 Å². The van der Waals surface area contributed by atoms with Crippen molar-refractivity contribution in [1.82, 2.24) is 4.90 Å². The lowest BCUT2D eigenvalue weighted by Gasteiger charge is -2.49. The highest BCUT2D eigenvalue weighted by Crippen LogP contribution is 2.50.